The second kappa shape index (κ2) is 8.24. The first-order chi connectivity index (χ1) is 12.2. The van der Waals surface area contributed by atoms with E-state index in [0.717, 1.165) is 29.9 Å². The molecule has 0 fully saturated rings. The highest BCUT2D eigenvalue weighted by Gasteiger charge is 2.06. The van der Waals surface area contributed by atoms with Crippen molar-refractivity contribution in [2.75, 3.05) is 6.54 Å². The van der Waals surface area contributed by atoms with Crippen LogP contribution in [0, 0.1) is 5.82 Å². The van der Waals surface area contributed by atoms with E-state index in [2.05, 4.69) is 14.9 Å². The van der Waals surface area contributed by atoms with Crippen molar-refractivity contribution >= 4 is 5.91 Å². The standard InChI is InChI=1S/C20H20FN3O/c21-18-9-7-16(8-10-18)15-19(25)22-11-4-13-24-14-12-23-20(24)17-5-2-1-3-6-17/h1-3,5-10,12,14H,4,11,13,15H2,(H,22,25). The Morgan fingerprint density at radius 3 is 2.60 bits per heavy atom. The number of hydrogen-bond donors (Lipinski definition) is 1. The van der Waals surface area contributed by atoms with Crippen LogP contribution in [0.5, 0.6) is 0 Å². The van der Waals surface area contributed by atoms with E-state index in [0.29, 0.717) is 6.54 Å². The molecule has 5 heteroatoms. The molecule has 4 nitrogen and oxygen atoms in total. The monoisotopic (exact) mass is 337 g/mol. The van der Waals surface area contributed by atoms with Gasteiger partial charge in [-0.25, -0.2) is 9.37 Å². The summed E-state index contributed by atoms with van der Waals surface area (Å²) < 4.78 is 14.9. The minimum atomic E-state index is -0.293. The zero-order valence-electron chi connectivity index (χ0n) is 13.9. The zero-order valence-corrected chi connectivity index (χ0v) is 13.9. The molecular formula is C20H20FN3O. The number of aromatic nitrogens is 2. The van der Waals surface area contributed by atoms with Gasteiger partial charge in [-0.3, -0.25) is 4.79 Å². The molecule has 0 spiro atoms. The summed E-state index contributed by atoms with van der Waals surface area (Å²) in [4.78, 5) is 16.3. The van der Waals surface area contributed by atoms with E-state index in [4.69, 9.17) is 0 Å². The molecule has 0 aliphatic carbocycles. The van der Waals surface area contributed by atoms with Crippen molar-refractivity contribution in [1.82, 2.24) is 14.9 Å². The molecule has 3 rings (SSSR count). The molecular weight excluding hydrogens is 317 g/mol. The minimum absolute atomic E-state index is 0.0551. The van der Waals surface area contributed by atoms with Gasteiger partial charge in [-0.2, -0.15) is 0 Å². The van der Waals surface area contributed by atoms with Crippen LogP contribution in [0.25, 0.3) is 11.4 Å². The van der Waals surface area contributed by atoms with Crippen LogP contribution in [0.15, 0.2) is 67.0 Å². The molecule has 25 heavy (non-hydrogen) atoms. The molecule has 0 bridgehead atoms. The molecule has 1 amide bonds. The van der Waals surface area contributed by atoms with Crippen LogP contribution in [0.3, 0.4) is 0 Å². The number of rotatable bonds is 7. The molecule has 1 aromatic heterocycles. The largest absolute Gasteiger partial charge is 0.356 e. The van der Waals surface area contributed by atoms with Gasteiger partial charge < -0.3 is 9.88 Å². The highest BCUT2D eigenvalue weighted by atomic mass is 19.1. The maximum absolute atomic E-state index is 12.9. The highest BCUT2D eigenvalue weighted by Crippen LogP contribution is 2.16. The number of aryl methyl sites for hydroxylation is 1. The normalized spacial score (nSPS) is 10.6. The molecule has 128 valence electrons. The van der Waals surface area contributed by atoms with E-state index in [9.17, 15) is 9.18 Å². The summed E-state index contributed by atoms with van der Waals surface area (Å²) in [6, 6.07) is 16.0. The summed E-state index contributed by atoms with van der Waals surface area (Å²) in [5, 5.41) is 2.90. The van der Waals surface area contributed by atoms with E-state index in [-0.39, 0.29) is 18.1 Å². The number of carbonyl (C=O) groups excluding carboxylic acids is 1. The first-order valence-corrected chi connectivity index (χ1v) is 8.30. The van der Waals surface area contributed by atoms with E-state index in [1.54, 1.807) is 18.3 Å². The summed E-state index contributed by atoms with van der Waals surface area (Å²) in [5.74, 6) is 0.581. The van der Waals surface area contributed by atoms with Gasteiger partial charge in [0.1, 0.15) is 11.6 Å². The van der Waals surface area contributed by atoms with E-state index < -0.39 is 0 Å². The van der Waals surface area contributed by atoms with Gasteiger partial charge in [-0.1, -0.05) is 42.5 Å². The van der Waals surface area contributed by atoms with E-state index in [1.807, 2.05) is 36.5 Å². The number of benzene rings is 2. The lowest BCUT2D eigenvalue weighted by Crippen LogP contribution is -2.26. The quantitative estimate of drug-likeness (QED) is 0.671. The lowest BCUT2D eigenvalue weighted by atomic mass is 10.1. The van der Waals surface area contributed by atoms with Gasteiger partial charge in [0.2, 0.25) is 5.91 Å². The van der Waals surface area contributed by atoms with Crippen LogP contribution in [0.2, 0.25) is 0 Å². The Balaban J connectivity index is 1.45. The summed E-state index contributed by atoms with van der Waals surface area (Å²) in [6.45, 7) is 1.37. The van der Waals surface area contributed by atoms with Crippen molar-refractivity contribution in [3.8, 4) is 11.4 Å². The SMILES string of the molecule is O=C(Cc1ccc(F)cc1)NCCCn1ccnc1-c1ccccc1. The molecule has 0 aliphatic heterocycles. The minimum Gasteiger partial charge on any atom is -0.356 e. The summed E-state index contributed by atoms with van der Waals surface area (Å²) in [7, 11) is 0. The molecule has 0 aliphatic rings. The lowest BCUT2D eigenvalue weighted by Gasteiger charge is -2.09. The molecule has 1 N–H and O–H groups in total. The maximum atomic E-state index is 12.9. The van der Waals surface area contributed by atoms with Gasteiger partial charge in [0.15, 0.2) is 0 Å². The predicted molar refractivity (Wildman–Crippen MR) is 95.4 cm³/mol. The Morgan fingerprint density at radius 2 is 1.84 bits per heavy atom. The molecule has 0 unspecified atom stereocenters. The average molecular weight is 337 g/mol. The Kier molecular flexibility index (Phi) is 5.57. The maximum Gasteiger partial charge on any atom is 0.224 e. The number of imidazole rings is 1. The van der Waals surface area contributed by atoms with Crippen LogP contribution in [0.4, 0.5) is 4.39 Å². The van der Waals surface area contributed by atoms with Crippen molar-refractivity contribution in [1.29, 1.82) is 0 Å². The fraction of sp³-hybridized carbons (Fsp3) is 0.200. The van der Waals surface area contributed by atoms with Gasteiger partial charge in [0, 0.05) is 31.0 Å². The van der Waals surface area contributed by atoms with Crippen LogP contribution in [-0.4, -0.2) is 22.0 Å². The fourth-order valence-corrected chi connectivity index (χ4v) is 2.66. The van der Waals surface area contributed by atoms with E-state index >= 15 is 0 Å². The topological polar surface area (TPSA) is 46.9 Å². The zero-order chi connectivity index (χ0) is 17.5. The van der Waals surface area contributed by atoms with Crippen LogP contribution < -0.4 is 5.32 Å². The predicted octanol–water partition coefficient (Wildman–Crippen LogP) is 3.44. The molecule has 2 aromatic carbocycles. The van der Waals surface area contributed by atoms with Crippen molar-refractivity contribution in [3.63, 3.8) is 0 Å². The summed E-state index contributed by atoms with van der Waals surface area (Å²) in [5.41, 5.74) is 1.88. The van der Waals surface area contributed by atoms with Crippen molar-refractivity contribution < 1.29 is 9.18 Å². The van der Waals surface area contributed by atoms with Crippen LogP contribution >= 0.6 is 0 Å². The number of carbonyl (C=O) groups is 1. The first-order valence-electron chi connectivity index (χ1n) is 8.30. The van der Waals surface area contributed by atoms with Gasteiger partial charge in [0.05, 0.1) is 6.42 Å². The Bertz CT molecular complexity index is 812. The summed E-state index contributed by atoms with van der Waals surface area (Å²) in [6.07, 6.45) is 4.81. The van der Waals surface area contributed by atoms with Gasteiger partial charge in [-0.15, -0.1) is 0 Å². The molecule has 0 saturated carbocycles. The molecule has 0 radical (unpaired) electrons. The third kappa shape index (κ3) is 4.76. The van der Waals surface area contributed by atoms with Crippen LogP contribution in [0.1, 0.15) is 12.0 Å². The average Bonchev–Trinajstić information content (AvgIpc) is 3.10. The number of halogens is 1. The Hall–Kier alpha value is -2.95. The van der Waals surface area contributed by atoms with Crippen LogP contribution in [-0.2, 0) is 17.8 Å². The number of nitrogens with zero attached hydrogens (tertiary/aromatic N) is 2. The summed E-state index contributed by atoms with van der Waals surface area (Å²) >= 11 is 0. The number of amides is 1. The second-order valence-corrected chi connectivity index (χ2v) is 5.82. The Labute approximate surface area is 146 Å². The first kappa shape index (κ1) is 16.9. The molecule has 1 heterocycles. The number of nitrogens with one attached hydrogen (secondary N) is 1. The van der Waals surface area contributed by atoms with Gasteiger partial charge >= 0.3 is 0 Å². The molecule has 0 atom stereocenters. The van der Waals surface area contributed by atoms with Crippen molar-refractivity contribution in [3.05, 3.63) is 78.4 Å². The fourth-order valence-electron chi connectivity index (χ4n) is 2.66. The Morgan fingerprint density at radius 1 is 1.08 bits per heavy atom. The van der Waals surface area contributed by atoms with Crippen molar-refractivity contribution in [2.45, 2.75) is 19.4 Å². The smallest absolute Gasteiger partial charge is 0.224 e. The third-order valence-corrected chi connectivity index (χ3v) is 3.92. The highest BCUT2D eigenvalue weighted by molar-refractivity contribution is 5.78. The molecule has 3 aromatic rings. The molecule has 0 saturated heterocycles. The lowest BCUT2D eigenvalue weighted by molar-refractivity contribution is -0.120. The van der Waals surface area contributed by atoms with Crippen molar-refractivity contribution in [2.24, 2.45) is 0 Å². The third-order valence-electron chi connectivity index (χ3n) is 3.92. The second-order valence-electron chi connectivity index (χ2n) is 5.82. The van der Waals surface area contributed by atoms with Gasteiger partial charge in [0.25, 0.3) is 0 Å². The van der Waals surface area contributed by atoms with Gasteiger partial charge in [-0.05, 0) is 24.1 Å². The number of hydrogen-bond acceptors (Lipinski definition) is 2. The van der Waals surface area contributed by atoms with E-state index in [1.165, 1.54) is 12.1 Å².